The maximum absolute atomic E-state index is 13.0. The van der Waals surface area contributed by atoms with E-state index in [1.165, 1.54) is 0 Å². The van der Waals surface area contributed by atoms with Crippen LogP contribution in [0.4, 0.5) is 0 Å². The van der Waals surface area contributed by atoms with Crippen molar-refractivity contribution in [2.24, 2.45) is 7.05 Å². The van der Waals surface area contributed by atoms with Crippen LogP contribution in [0.5, 0.6) is 0 Å². The van der Waals surface area contributed by atoms with Gasteiger partial charge in [-0.1, -0.05) is 36.4 Å². The Hall–Kier alpha value is -2.95. The number of hydrogen-bond donors (Lipinski definition) is 0. The Balaban J connectivity index is 1.76. The van der Waals surface area contributed by atoms with Gasteiger partial charge in [0.05, 0.1) is 17.9 Å². The van der Waals surface area contributed by atoms with Crippen molar-refractivity contribution in [2.45, 2.75) is 32.4 Å². The molecule has 5 nitrogen and oxygen atoms in total. The number of aryl methyl sites for hydroxylation is 2. The van der Waals surface area contributed by atoms with E-state index in [2.05, 4.69) is 10.1 Å². The lowest BCUT2D eigenvalue weighted by Crippen LogP contribution is -2.33. The first-order valence-corrected chi connectivity index (χ1v) is 8.85. The van der Waals surface area contributed by atoms with E-state index in [-0.39, 0.29) is 11.9 Å². The smallest absolute Gasteiger partial charge is 0.223 e. The summed E-state index contributed by atoms with van der Waals surface area (Å²) in [6.45, 7) is 2.61. The molecule has 5 heteroatoms. The minimum Gasteiger partial charge on any atom is -0.330 e. The van der Waals surface area contributed by atoms with Crippen LogP contribution < -0.4 is 0 Å². The summed E-state index contributed by atoms with van der Waals surface area (Å²) in [5.74, 6) is 0.121. The van der Waals surface area contributed by atoms with E-state index in [1.807, 2.05) is 79.8 Å². The van der Waals surface area contributed by atoms with Crippen molar-refractivity contribution in [3.63, 3.8) is 0 Å². The van der Waals surface area contributed by atoms with Gasteiger partial charge >= 0.3 is 0 Å². The van der Waals surface area contributed by atoms with Gasteiger partial charge in [-0.25, -0.2) is 0 Å². The number of hydrogen-bond acceptors (Lipinski definition) is 3. The fraction of sp³-hybridized carbons (Fsp3) is 0.286. The number of carbonyl (C=O) groups excluding carboxylic acids is 1. The number of pyridine rings is 1. The molecular formula is C21H24N4O. The summed E-state index contributed by atoms with van der Waals surface area (Å²) in [4.78, 5) is 19.4. The molecule has 0 saturated heterocycles. The standard InChI is InChI=1S/C21H24N4O/c1-17(20-10-6-7-13-22-20)25(16-18-8-4-3-5-9-18)21(26)12-11-19-14-23-24(2)15-19/h3-10,13-15,17H,11-12,16H2,1-2H3/t17-/m0/s1. The summed E-state index contributed by atoms with van der Waals surface area (Å²) in [6.07, 6.45) is 6.68. The molecule has 0 fully saturated rings. The van der Waals surface area contributed by atoms with Crippen LogP contribution in [0.15, 0.2) is 67.1 Å². The third kappa shape index (κ3) is 4.57. The van der Waals surface area contributed by atoms with Gasteiger partial charge in [0.15, 0.2) is 0 Å². The van der Waals surface area contributed by atoms with Crippen molar-refractivity contribution in [3.05, 3.63) is 83.9 Å². The van der Waals surface area contributed by atoms with Crippen LogP contribution in [0.1, 0.15) is 36.2 Å². The van der Waals surface area contributed by atoms with Gasteiger partial charge < -0.3 is 4.90 Å². The largest absolute Gasteiger partial charge is 0.330 e. The average molecular weight is 348 g/mol. The van der Waals surface area contributed by atoms with Crippen molar-refractivity contribution in [1.29, 1.82) is 0 Å². The van der Waals surface area contributed by atoms with Gasteiger partial charge in [0.25, 0.3) is 0 Å². The minimum absolute atomic E-state index is 0.0854. The molecule has 0 aliphatic rings. The van der Waals surface area contributed by atoms with Crippen molar-refractivity contribution < 1.29 is 4.79 Å². The summed E-state index contributed by atoms with van der Waals surface area (Å²) >= 11 is 0. The van der Waals surface area contributed by atoms with Crippen LogP contribution >= 0.6 is 0 Å². The molecule has 3 aromatic rings. The highest BCUT2D eigenvalue weighted by molar-refractivity contribution is 5.77. The quantitative estimate of drug-likeness (QED) is 0.656. The third-order valence-corrected chi connectivity index (χ3v) is 4.49. The van der Waals surface area contributed by atoms with Gasteiger partial charge in [0.2, 0.25) is 5.91 Å². The summed E-state index contributed by atoms with van der Waals surface area (Å²) < 4.78 is 1.76. The van der Waals surface area contributed by atoms with Crippen molar-refractivity contribution >= 4 is 5.91 Å². The Morgan fingerprint density at radius 2 is 1.88 bits per heavy atom. The van der Waals surface area contributed by atoms with E-state index >= 15 is 0 Å². The van der Waals surface area contributed by atoms with Gasteiger partial charge in [0, 0.05) is 32.4 Å². The normalized spacial score (nSPS) is 11.9. The highest BCUT2D eigenvalue weighted by Gasteiger charge is 2.22. The predicted octanol–water partition coefficient (Wildman–Crippen LogP) is 3.54. The minimum atomic E-state index is -0.0854. The monoisotopic (exact) mass is 348 g/mol. The molecule has 1 atom stereocenters. The first-order chi connectivity index (χ1) is 12.6. The van der Waals surface area contributed by atoms with Crippen molar-refractivity contribution in [2.75, 3.05) is 0 Å². The van der Waals surface area contributed by atoms with Gasteiger partial charge in [0.1, 0.15) is 0 Å². The van der Waals surface area contributed by atoms with Crippen LogP contribution in [-0.2, 0) is 24.8 Å². The molecule has 0 radical (unpaired) electrons. The van der Waals surface area contributed by atoms with E-state index in [9.17, 15) is 4.79 Å². The van der Waals surface area contributed by atoms with Crippen LogP contribution in [0.3, 0.4) is 0 Å². The highest BCUT2D eigenvalue weighted by Crippen LogP contribution is 2.22. The van der Waals surface area contributed by atoms with Gasteiger partial charge in [-0.2, -0.15) is 5.10 Å². The van der Waals surface area contributed by atoms with Gasteiger partial charge in [-0.3, -0.25) is 14.5 Å². The van der Waals surface area contributed by atoms with Crippen LogP contribution in [0, 0.1) is 0 Å². The van der Waals surface area contributed by atoms with Gasteiger partial charge in [-0.15, -0.1) is 0 Å². The first-order valence-electron chi connectivity index (χ1n) is 8.85. The zero-order chi connectivity index (χ0) is 18.4. The number of aromatic nitrogens is 3. The van der Waals surface area contributed by atoms with E-state index in [0.29, 0.717) is 19.4 Å². The lowest BCUT2D eigenvalue weighted by Gasteiger charge is -2.29. The third-order valence-electron chi connectivity index (χ3n) is 4.49. The fourth-order valence-corrected chi connectivity index (χ4v) is 3.00. The Morgan fingerprint density at radius 3 is 2.54 bits per heavy atom. The fourth-order valence-electron chi connectivity index (χ4n) is 3.00. The topological polar surface area (TPSA) is 51.0 Å². The highest BCUT2D eigenvalue weighted by atomic mass is 16.2. The molecule has 0 aliphatic heterocycles. The molecule has 1 amide bonds. The molecule has 26 heavy (non-hydrogen) atoms. The second kappa shape index (κ2) is 8.43. The first kappa shape index (κ1) is 17.9. The summed E-state index contributed by atoms with van der Waals surface area (Å²) in [5.41, 5.74) is 3.09. The molecule has 0 bridgehead atoms. The zero-order valence-corrected chi connectivity index (χ0v) is 15.2. The molecule has 0 saturated carbocycles. The van der Waals surface area contributed by atoms with Crippen LogP contribution in [0.2, 0.25) is 0 Å². The predicted molar refractivity (Wildman–Crippen MR) is 101 cm³/mol. The van der Waals surface area contributed by atoms with Crippen LogP contribution in [-0.4, -0.2) is 25.6 Å². The molecule has 2 heterocycles. The van der Waals surface area contributed by atoms with Gasteiger partial charge in [-0.05, 0) is 36.6 Å². The van der Waals surface area contributed by atoms with Crippen molar-refractivity contribution in [1.82, 2.24) is 19.7 Å². The number of carbonyl (C=O) groups is 1. The molecule has 0 spiro atoms. The number of amides is 1. The Labute approximate surface area is 154 Å². The molecule has 0 unspecified atom stereocenters. The number of rotatable bonds is 7. The molecule has 1 aromatic carbocycles. The molecular weight excluding hydrogens is 324 g/mol. The van der Waals surface area contributed by atoms with E-state index < -0.39 is 0 Å². The number of benzene rings is 1. The van der Waals surface area contributed by atoms with Crippen molar-refractivity contribution in [3.8, 4) is 0 Å². The maximum Gasteiger partial charge on any atom is 0.223 e. The summed E-state index contributed by atoms with van der Waals surface area (Å²) in [7, 11) is 1.89. The molecule has 134 valence electrons. The lowest BCUT2D eigenvalue weighted by molar-refractivity contribution is -0.134. The van der Waals surface area contributed by atoms with E-state index in [0.717, 1.165) is 16.8 Å². The maximum atomic E-state index is 13.0. The molecule has 0 aliphatic carbocycles. The Morgan fingerprint density at radius 1 is 1.12 bits per heavy atom. The molecule has 0 N–H and O–H groups in total. The van der Waals surface area contributed by atoms with E-state index in [4.69, 9.17) is 0 Å². The Bertz CT molecular complexity index is 829. The lowest BCUT2D eigenvalue weighted by atomic mass is 10.1. The summed E-state index contributed by atoms with van der Waals surface area (Å²) in [6, 6.07) is 15.8. The van der Waals surface area contributed by atoms with E-state index in [1.54, 1.807) is 10.9 Å². The summed E-state index contributed by atoms with van der Waals surface area (Å²) in [5, 5.41) is 4.17. The second-order valence-corrected chi connectivity index (χ2v) is 6.46. The molecule has 3 rings (SSSR count). The number of nitrogens with zero attached hydrogens (tertiary/aromatic N) is 4. The average Bonchev–Trinajstić information content (AvgIpc) is 3.10. The second-order valence-electron chi connectivity index (χ2n) is 6.46. The zero-order valence-electron chi connectivity index (χ0n) is 15.2. The van der Waals surface area contributed by atoms with Crippen LogP contribution in [0.25, 0.3) is 0 Å². The molecule has 2 aromatic heterocycles. The Kier molecular flexibility index (Phi) is 5.79. The SMILES string of the molecule is C[C@@H](c1ccccn1)N(Cc1ccccc1)C(=O)CCc1cnn(C)c1.